The highest BCUT2D eigenvalue weighted by atomic mass is 16.5. The zero-order chi connectivity index (χ0) is 17.4. The third kappa shape index (κ3) is 5.31. The maximum Gasteiger partial charge on any atom is 0.321 e. The molecule has 126 valence electrons. The molecule has 24 heavy (non-hydrogen) atoms. The first-order valence-corrected chi connectivity index (χ1v) is 7.70. The molecule has 2 rings (SSSR count). The van der Waals surface area contributed by atoms with Crippen molar-refractivity contribution in [2.45, 2.75) is 6.92 Å². The minimum Gasteiger partial charge on any atom is -0.457 e. The van der Waals surface area contributed by atoms with Gasteiger partial charge in [0.15, 0.2) is 0 Å². The molecule has 0 saturated heterocycles. The number of anilines is 1. The Labute approximate surface area is 141 Å². The summed E-state index contributed by atoms with van der Waals surface area (Å²) < 4.78 is 5.72. The quantitative estimate of drug-likeness (QED) is 0.856. The van der Waals surface area contributed by atoms with Crippen LogP contribution in [0.3, 0.4) is 0 Å². The number of nitrogens with one attached hydrogen (secondary N) is 2. The van der Waals surface area contributed by atoms with E-state index in [1.807, 2.05) is 54.6 Å². The topological polar surface area (TPSA) is 70.7 Å². The number of hydrogen-bond donors (Lipinski definition) is 2. The standard InChI is InChI=1S/C18H21N3O3/c1-3-19-18(23)20-17(22)13-21(2)14-9-11-16(12-10-14)24-15-7-5-4-6-8-15/h4-12H,3,13H2,1-2H3,(H2,19,20,22,23). The lowest BCUT2D eigenvalue weighted by Gasteiger charge is -2.19. The van der Waals surface area contributed by atoms with Crippen molar-refractivity contribution in [3.8, 4) is 11.5 Å². The molecular weight excluding hydrogens is 306 g/mol. The molecule has 2 aromatic carbocycles. The highest BCUT2D eigenvalue weighted by molar-refractivity contribution is 5.96. The molecule has 6 heteroatoms. The first kappa shape index (κ1) is 17.3. The minimum atomic E-state index is -0.484. The number of imide groups is 1. The summed E-state index contributed by atoms with van der Waals surface area (Å²) in [7, 11) is 1.78. The average Bonchev–Trinajstić information content (AvgIpc) is 2.56. The Morgan fingerprint density at radius 1 is 1.00 bits per heavy atom. The highest BCUT2D eigenvalue weighted by Gasteiger charge is 2.10. The third-order valence-corrected chi connectivity index (χ3v) is 3.23. The van der Waals surface area contributed by atoms with Crippen LogP contribution in [0.15, 0.2) is 54.6 Å². The van der Waals surface area contributed by atoms with Crippen LogP contribution < -0.4 is 20.3 Å². The van der Waals surface area contributed by atoms with Crippen LogP contribution in [0.5, 0.6) is 11.5 Å². The van der Waals surface area contributed by atoms with Gasteiger partial charge in [0, 0.05) is 19.3 Å². The molecule has 0 bridgehead atoms. The van der Waals surface area contributed by atoms with Crippen LogP contribution in [0.2, 0.25) is 0 Å². The van der Waals surface area contributed by atoms with E-state index in [1.165, 1.54) is 0 Å². The van der Waals surface area contributed by atoms with E-state index in [0.29, 0.717) is 12.3 Å². The summed E-state index contributed by atoms with van der Waals surface area (Å²) in [6.45, 7) is 2.34. The summed E-state index contributed by atoms with van der Waals surface area (Å²) >= 11 is 0. The predicted octanol–water partition coefficient (Wildman–Crippen LogP) is 2.76. The van der Waals surface area contributed by atoms with Gasteiger partial charge in [-0.1, -0.05) is 18.2 Å². The first-order chi connectivity index (χ1) is 11.6. The zero-order valence-electron chi connectivity index (χ0n) is 13.8. The molecule has 0 aliphatic carbocycles. The van der Waals surface area contributed by atoms with Crippen LogP contribution in [0, 0.1) is 0 Å². The zero-order valence-corrected chi connectivity index (χ0v) is 13.8. The lowest BCUT2D eigenvalue weighted by molar-refractivity contribution is -0.118. The van der Waals surface area contributed by atoms with Crippen LogP contribution >= 0.6 is 0 Å². The van der Waals surface area contributed by atoms with Crippen LogP contribution in [-0.4, -0.2) is 32.1 Å². The minimum absolute atomic E-state index is 0.0794. The van der Waals surface area contributed by atoms with Gasteiger partial charge in [-0.2, -0.15) is 0 Å². The molecule has 0 aromatic heterocycles. The molecule has 0 aliphatic rings. The molecule has 0 unspecified atom stereocenters. The Balaban J connectivity index is 1.90. The molecule has 3 amide bonds. The largest absolute Gasteiger partial charge is 0.457 e. The van der Waals surface area contributed by atoms with Gasteiger partial charge in [0.05, 0.1) is 6.54 Å². The van der Waals surface area contributed by atoms with Gasteiger partial charge in [-0.15, -0.1) is 0 Å². The van der Waals surface area contributed by atoms with E-state index in [4.69, 9.17) is 4.74 Å². The number of carbonyl (C=O) groups excluding carboxylic acids is 2. The van der Waals surface area contributed by atoms with Gasteiger partial charge < -0.3 is 15.0 Å². The fourth-order valence-electron chi connectivity index (χ4n) is 2.07. The van der Waals surface area contributed by atoms with Crippen molar-refractivity contribution < 1.29 is 14.3 Å². The van der Waals surface area contributed by atoms with Crippen molar-refractivity contribution in [2.75, 3.05) is 25.0 Å². The summed E-state index contributed by atoms with van der Waals surface area (Å²) in [6, 6.07) is 16.4. The molecule has 0 radical (unpaired) electrons. The number of urea groups is 1. The van der Waals surface area contributed by atoms with Gasteiger partial charge >= 0.3 is 6.03 Å². The number of carbonyl (C=O) groups is 2. The van der Waals surface area contributed by atoms with E-state index >= 15 is 0 Å². The molecule has 0 heterocycles. The Kier molecular flexibility index (Phi) is 6.19. The van der Waals surface area contributed by atoms with Crippen LogP contribution in [-0.2, 0) is 4.79 Å². The van der Waals surface area contributed by atoms with Crippen LogP contribution in [0.1, 0.15) is 6.92 Å². The molecule has 0 saturated carbocycles. The van der Waals surface area contributed by atoms with Crippen molar-refractivity contribution in [1.29, 1.82) is 0 Å². The van der Waals surface area contributed by atoms with Gasteiger partial charge in [0.1, 0.15) is 11.5 Å². The van der Waals surface area contributed by atoms with Crippen molar-refractivity contribution in [3.63, 3.8) is 0 Å². The van der Waals surface area contributed by atoms with Gasteiger partial charge in [-0.25, -0.2) is 4.79 Å². The van der Waals surface area contributed by atoms with Crippen molar-refractivity contribution >= 4 is 17.6 Å². The van der Waals surface area contributed by atoms with Crippen LogP contribution in [0.25, 0.3) is 0 Å². The second-order valence-electron chi connectivity index (χ2n) is 5.17. The fourth-order valence-corrected chi connectivity index (χ4v) is 2.07. The molecule has 0 fully saturated rings. The number of likely N-dealkylation sites (N-methyl/N-ethyl adjacent to an activating group) is 1. The highest BCUT2D eigenvalue weighted by Crippen LogP contribution is 2.23. The normalized spacial score (nSPS) is 9.92. The molecule has 2 aromatic rings. The predicted molar refractivity (Wildman–Crippen MR) is 93.4 cm³/mol. The summed E-state index contributed by atoms with van der Waals surface area (Å²) in [4.78, 5) is 24.8. The summed E-state index contributed by atoms with van der Waals surface area (Å²) in [6.07, 6.45) is 0. The van der Waals surface area contributed by atoms with Crippen molar-refractivity contribution in [2.24, 2.45) is 0 Å². The van der Waals surface area contributed by atoms with E-state index in [-0.39, 0.29) is 12.5 Å². The average molecular weight is 327 g/mol. The second-order valence-corrected chi connectivity index (χ2v) is 5.17. The number of amides is 3. The van der Waals surface area contributed by atoms with E-state index in [0.717, 1.165) is 11.4 Å². The molecular formula is C18H21N3O3. The maximum atomic E-state index is 11.8. The van der Waals surface area contributed by atoms with Gasteiger partial charge in [0.25, 0.3) is 0 Å². The summed E-state index contributed by atoms with van der Waals surface area (Å²) in [5, 5.41) is 4.78. The first-order valence-electron chi connectivity index (χ1n) is 7.70. The molecule has 0 aliphatic heterocycles. The molecule has 0 atom stereocenters. The number of nitrogens with zero attached hydrogens (tertiary/aromatic N) is 1. The number of rotatable bonds is 6. The van der Waals surface area contributed by atoms with Crippen molar-refractivity contribution in [1.82, 2.24) is 10.6 Å². The lowest BCUT2D eigenvalue weighted by Crippen LogP contribution is -2.43. The Morgan fingerprint density at radius 2 is 1.62 bits per heavy atom. The monoisotopic (exact) mass is 327 g/mol. The second kappa shape index (κ2) is 8.57. The number of benzene rings is 2. The SMILES string of the molecule is CCNC(=O)NC(=O)CN(C)c1ccc(Oc2ccccc2)cc1. The molecule has 0 spiro atoms. The molecule has 2 N–H and O–H groups in total. The Bertz CT molecular complexity index is 672. The summed E-state index contributed by atoms with van der Waals surface area (Å²) in [5.41, 5.74) is 0.849. The lowest BCUT2D eigenvalue weighted by atomic mass is 10.2. The maximum absolute atomic E-state index is 11.8. The smallest absolute Gasteiger partial charge is 0.321 e. The van der Waals surface area contributed by atoms with Gasteiger partial charge in [-0.3, -0.25) is 10.1 Å². The Morgan fingerprint density at radius 3 is 2.25 bits per heavy atom. The number of hydrogen-bond acceptors (Lipinski definition) is 4. The Hall–Kier alpha value is -3.02. The van der Waals surface area contributed by atoms with E-state index in [9.17, 15) is 9.59 Å². The van der Waals surface area contributed by atoms with E-state index in [1.54, 1.807) is 18.9 Å². The fraction of sp³-hybridized carbons (Fsp3) is 0.222. The number of para-hydroxylation sites is 1. The third-order valence-electron chi connectivity index (χ3n) is 3.23. The van der Waals surface area contributed by atoms with E-state index < -0.39 is 6.03 Å². The van der Waals surface area contributed by atoms with E-state index in [2.05, 4.69) is 10.6 Å². The number of ether oxygens (including phenoxy) is 1. The molecule has 6 nitrogen and oxygen atoms in total. The van der Waals surface area contributed by atoms with Crippen LogP contribution in [0.4, 0.5) is 10.5 Å². The van der Waals surface area contributed by atoms with Crippen molar-refractivity contribution in [3.05, 3.63) is 54.6 Å². The van der Waals surface area contributed by atoms with Gasteiger partial charge in [0.2, 0.25) is 5.91 Å². The summed E-state index contributed by atoms with van der Waals surface area (Å²) in [5.74, 6) is 1.11. The van der Waals surface area contributed by atoms with Gasteiger partial charge in [-0.05, 0) is 43.3 Å².